The third-order valence-electron chi connectivity index (χ3n) is 6.21. The predicted octanol–water partition coefficient (Wildman–Crippen LogP) is 6.27. The Kier molecular flexibility index (Phi) is 8.49. The minimum absolute atomic E-state index is 0.0193. The zero-order valence-electron chi connectivity index (χ0n) is 20.2. The molecule has 5 heteroatoms. The number of rotatable bonds is 11. The van der Waals surface area contributed by atoms with E-state index in [0.717, 1.165) is 24.4 Å². The quantitative estimate of drug-likeness (QED) is 0.261. The Morgan fingerprint density at radius 2 is 1.81 bits per heavy atom. The highest BCUT2D eigenvalue weighted by Gasteiger charge is 2.26. The van der Waals surface area contributed by atoms with E-state index < -0.39 is 0 Å². The Morgan fingerprint density at radius 1 is 1.10 bits per heavy atom. The van der Waals surface area contributed by atoms with Crippen molar-refractivity contribution in [3.8, 4) is 5.75 Å². The number of hydrazone groups is 1. The molecule has 1 N–H and O–H groups in total. The molecule has 0 fully saturated rings. The van der Waals surface area contributed by atoms with Gasteiger partial charge in [0.05, 0.1) is 12.8 Å². The number of nitrogens with one attached hydrogen (secondary N) is 1. The summed E-state index contributed by atoms with van der Waals surface area (Å²) in [5.41, 5.74) is 5.25. The molecule has 0 radical (unpaired) electrons. The van der Waals surface area contributed by atoms with E-state index in [-0.39, 0.29) is 16.7 Å². The van der Waals surface area contributed by atoms with E-state index in [0.29, 0.717) is 25.2 Å². The van der Waals surface area contributed by atoms with Crippen LogP contribution in [-0.2, 0) is 15.6 Å². The molecular formula is C26H38N2O3. The first-order chi connectivity index (χ1) is 14.6. The highest BCUT2D eigenvalue weighted by Crippen LogP contribution is 2.38. The molecule has 0 saturated heterocycles. The van der Waals surface area contributed by atoms with Gasteiger partial charge in [-0.25, -0.2) is 5.43 Å². The lowest BCUT2D eigenvalue weighted by atomic mass is 9.76. The lowest BCUT2D eigenvalue weighted by Gasteiger charge is -2.30. The summed E-state index contributed by atoms with van der Waals surface area (Å²) in [5, 5.41) is 3.93. The Balaban J connectivity index is 1.93. The number of hydrogen-bond donors (Lipinski definition) is 1. The topological polar surface area (TPSA) is 63.8 Å². The smallest absolute Gasteiger partial charge is 0.240 e. The van der Waals surface area contributed by atoms with Crippen LogP contribution >= 0.6 is 0 Å². The van der Waals surface area contributed by atoms with Crippen molar-refractivity contribution in [1.82, 2.24) is 5.43 Å². The van der Waals surface area contributed by atoms with Crippen molar-refractivity contribution in [2.75, 3.05) is 6.61 Å². The summed E-state index contributed by atoms with van der Waals surface area (Å²) in [6, 6.07) is 10.2. The van der Waals surface area contributed by atoms with Gasteiger partial charge in [0.15, 0.2) is 0 Å². The summed E-state index contributed by atoms with van der Waals surface area (Å²) in [6.45, 7) is 15.8. The Hall–Kier alpha value is -2.56. The molecule has 0 spiro atoms. The first-order valence-corrected chi connectivity index (χ1v) is 11.2. The molecule has 0 unspecified atom stereocenters. The summed E-state index contributed by atoms with van der Waals surface area (Å²) in [5.74, 6) is 2.19. The molecule has 0 saturated carbocycles. The normalized spacial score (nSPS) is 12.4. The molecule has 1 aromatic carbocycles. The van der Waals surface area contributed by atoms with Crippen LogP contribution in [0.15, 0.2) is 39.9 Å². The second-order valence-corrected chi connectivity index (χ2v) is 9.38. The average molecular weight is 427 g/mol. The maximum absolute atomic E-state index is 12.0. The van der Waals surface area contributed by atoms with Crippen LogP contribution < -0.4 is 10.2 Å². The van der Waals surface area contributed by atoms with E-state index >= 15 is 0 Å². The van der Waals surface area contributed by atoms with Crippen molar-refractivity contribution in [2.24, 2.45) is 5.10 Å². The predicted molar refractivity (Wildman–Crippen MR) is 127 cm³/mol. The van der Waals surface area contributed by atoms with Gasteiger partial charge in [0.2, 0.25) is 5.91 Å². The number of furan rings is 1. The molecule has 2 rings (SSSR count). The van der Waals surface area contributed by atoms with Crippen LogP contribution in [0.2, 0.25) is 0 Å². The molecule has 1 heterocycles. The fourth-order valence-corrected chi connectivity index (χ4v) is 3.16. The van der Waals surface area contributed by atoms with Crippen molar-refractivity contribution >= 4 is 12.1 Å². The van der Waals surface area contributed by atoms with E-state index in [2.05, 4.69) is 70.3 Å². The zero-order chi connectivity index (χ0) is 23.1. The van der Waals surface area contributed by atoms with Gasteiger partial charge in [0.1, 0.15) is 17.3 Å². The maximum Gasteiger partial charge on any atom is 0.240 e. The number of amides is 1. The van der Waals surface area contributed by atoms with E-state index in [9.17, 15) is 4.79 Å². The van der Waals surface area contributed by atoms with Gasteiger partial charge < -0.3 is 9.15 Å². The van der Waals surface area contributed by atoms with Crippen LogP contribution in [0.25, 0.3) is 0 Å². The monoisotopic (exact) mass is 426 g/mol. The van der Waals surface area contributed by atoms with Gasteiger partial charge in [-0.2, -0.15) is 5.10 Å². The van der Waals surface area contributed by atoms with Crippen molar-refractivity contribution in [3.63, 3.8) is 0 Å². The Bertz CT molecular complexity index is 894. The molecule has 31 heavy (non-hydrogen) atoms. The third kappa shape index (κ3) is 6.98. The number of ether oxygens (including phenoxy) is 1. The van der Waals surface area contributed by atoms with Gasteiger partial charge in [-0.3, -0.25) is 4.79 Å². The molecule has 1 amide bonds. The molecule has 5 nitrogen and oxygen atoms in total. The number of carbonyl (C=O) groups is 1. The zero-order valence-corrected chi connectivity index (χ0v) is 20.2. The second-order valence-electron chi connectivity index (χ2n) is 9.38. The molecule has 0 aliphatic heterocycles. The van der Waals surface area contributed by atoms with Gasteiger partial charge in [-0.05, 0) is 60.8 Å². The van der Waals surface area contributed by atoms with E-state index in [4.69, 9.17) is 9.15 Å². The van der Waals surface area contributed by atoms with Crippen molar-refractivity contribution in [3.05, 3.63) is 53.0 Å². The summed E-state index contributed by atoms with van der Waals surface area (Å²) in [4.78, 5) is 12.0. The summed E-state index contributed by atoms with van der Waals surface area (Å²) < 4.78 is 11.5. The van der Waals surface area contributed by atoms with Gasteiger partial charge in [0, 0.05) is 12.0 Å². The molecule has 0 atom stereocenters. The second kappa shape index (κ2) is 10.7. The highest BCUT2D eigenvalue weighted by molar-refractivity contribution is 5.80. The number of hydrogen-bond acceptors (Lipinski definition) is 4. The summed E-state index contributed by atoms with van der Waals surface area (Å²) in [7, 11) is 0. The lowest BCUT2D eigenvalue weighted by Crippen LogP contribution is -2.21. The first-order valence-electron chi connectivity index (χ1n) is 11.2. The summed E-state index contributed by atoms with van der Waals surface area (Å²) >= 11 is 0. The maximum atomic E-state index is 12.0. The van der Waals surface area contributed by atoms with Gasteiger partial charge in [-0.15, -0.1) is 0 Å². The van der Waals surface area contributed by atoms with Gasteiger partial charge >= 0.3 is 0 Å². The molecule has 2 aromatic rings. The molecule has 0 aliphatic rings. The minimum atomic E-state index is -0.141. The van der Waals surface area contributed by atoms with Crippen LogP contribution in [0.3, 0.4) is 0 Å². The molecule has 0 aliphatic carbocycles. The van der Waals surface area contributed by atoms with E-state index in [1.54, 1.807) is 6.07 Å². The fraction of sp³-hybridized carbons (Fsp3) is 0.538. The van der Waals surface area contributed by atoms with Crippen LogP contribution in [0, 0.1) is 6.92 Å². The van der Waals surface area contributed by atoms with Crippen LogP contribution in [-0.4, -0.2) is 18.7 Å². The largest absolute Gasteiger partial charge is 0.493 e. The van der Waals surface area contributed by atoms with E-state index in [1.807, 2.05) is 13.0 Å². The standard InChI is InChI=1S/C26H38N2O3/c1-8-25(4,5)20-13-15-23(22(17-20)26(6,7)9-2)30-16-10-11-24(29)28-27-18-21-14-12-19(3)31-21/h12-15,17-18H,8-11,16H2,1-7H3,(H,28,29)/b27-18+. The number of carbonyl (C=O) groups excluding carboxylic acids is 1. The molecule has 170 valence electrons. The SMILES string of the molecule is CCC(C)(C)c1ccc(OCCCC(=O)N/N=C/c2ccc(C)o2)c(C(C)(C)CC)c1. The van der Waals surface area contributed by atoms with Crippen LogP contribution in [0.4, 0.5) is 0 Å². The van der Waals surface area contributed by atoms with Crippen LogP contribution in [0.5, 0.6) is 5.75 Å². The summed E-state index contributed by atoms with van der Waals surface area (Å²) in [6.07, 6.45) is 4.57. The number of benzene rings is 1. The highest BCUT2D eigenvalue weighted by atomic mass is 16.5. The third-order valence-corrected chi connectivity index (χ3v) is 6.21. The lowest BCUT2D eigenvalue weighted by molar-refractivity contribution is -0.121. The van der Waals surface area contributed by atoms with Crippen molar-refractivity contribution in [1.29, 1.82) is 0 Å². The van der Waals surface area contributed by atoms with Gasteiger partial charge in [-0.1, -0.05) is 53.7 Å². The first kappa shape index (κ1) is 24.7. The molecular weight excluding hydrogens is 388 g/mol. The fourth-order valence-electron chi connectivity index (χ4n) is 3.16. The molecule has 1 aromatic heterocycles. The molecule has 0 bridgehead atoms. The number of aryl methyl sites for hydroxylation is 1. The van der Waals surface area contributed by atoms with E-state index in [1.165, 1.54) is 17.3 Å². The average Bonchev–Trinajstić information content (AvgIpc) is 3.16. The Morgan fingerprint density at radius 3 is 2.42 bits per heavy atom. The van der Waals surface area contributed by atoms with Crippen molar-refractivity contribution in [2.45, 2.75) is 85.0 Å². The minimum Gasteiger partial charge on any atom is -0.493 e. The van der Waals surface area contributed by atoms with Crippen molar-refractivity contribution < 1.29 is 13.9 Å². The number of nitrogens with zero attached hydrogens (tertiary/aromatic N) is 1. The Labute approximate surface area is 187 Å². The van der Waals surface area contributed by atoms with Crippen LogP contribution in [0.1, 0.15) is 89.9 Å². The van der Waals surface area contributed by atoms with Gasteiger partial charge in [0.25, 0.3) is 0 Å².